The van der Waals surface area contributed by atoms with Gasteiger partial charge in [0.05, 0.1) is 21.8 Å². The van der Waals surface area contributed by atoms with Crippen molar-refractivity contribution in [2.75, 3.05) is 0 Å². The Balaban J connectivity index is 1.57. The molecule has 0 aliphatic carbocycles. The molecule has 0 fully saturated rings. The molecule has 7 nitrogen and oxygen atoms in total. The second kappa shape index (κ2) is 8.67. The first kappa shape index (κ1) is 22.5. The number of aromatic nitrogens is 3. The van der Waals surface area contributed by atoms with Crippen LogP contribution in [0.4, 0.5) is 0 Å². The average molecular weight is 462 g/mol. The molecule has 8 heteroatoms. The van der Waals surface area contributed by atoms with E-state index in [1.807, 2.05) is 62.4 Å². The summed E-state index contributed by atoms with van der Waals surface area (Å²) in [6.07, 6.45) is 0. The third-order valence-electron chi connectivity index (χ3n) is 5.28. The topological polar surface area (TPSA) is 104 Å². The number of aromatic amines is 1. The Kier molecular flexibility index (Phi) is 5.91. The van der Waals surface area contributed by atoms with Crippen molar-refractivity contribution in [2.24, 2.45) is 0 Å². The molecule has 168 valence electrons. The van der Waals surface area contributed by atoms with Gasteiger partial charge < -0.3 is 20.4 Å². The van der Waals surface area contributed by atoms with Gasteiger partial charge in [0.25, 0.3) is 0 Å². The number of rotatable bonds is 6. The lowest BCUT2D eigenvalue weighted by atomic mass is 9.94. The number of carbonyl (C=O) groups is 1. The van der Waals surface area contributed by atoms with Crippen LogP contribution in [0.15, 0.2) is 54.6 Å². The molecule has 0 aliphatic rings. The lowest BCUT2D eigenvalue weighted by Gasteiger charge is -2.26. The van der Waals surface area contributed by atoms with Crippen LogP contribution in [-0.2, 0) is 10.3 Å². The number of imidazole rings is 1. The summed E-state index contributed by atoms with van der Waals surface area (Å²) in [6, 6.07) is 17.1. The van der Waals surface area contributed by atoms with E-state index in [-0.39, 0.29) is 5.91 Å². The van der Waals surface area contributed by atoms with Crippen LogP contribution >= 0.6 is 11.6 Å². The summed E-state index contributed by atoms with van der Waals surface area (Å²) >= 11 is 6.48. The summed E-state index contributed by atoms with van der Waals surface area (Å²) in [5.41, 5.74) is 4.41. The van der Waals surface area contributed by atoms with Gasteiger partial charge in [0.2, 0.25) is 5.91 Å². The quantitative estimate of drug-likeness (QED) is 0.314. The van der Waals surface area contributed by atoms with Crippen molar-refractivity contribution in [2.45, 2.75) is 33.2 Å². The summed E-state index contributed by atoms with van der Waals surface area (Å²) < 4.78 is 5.88. The summed E-state index contributed by atoms with van der Waals surface area (Å²) in [5.74, 6) is 0.509. The molecule has 0 saturated heterocycles. The van der Waals surface area contributed by atoms with Gasteiger partial charge >= 0.3 is 6.01 Å². The zero-order valence-corrected chi connectivity index (χ0v) is 19.5. The highest BCUT2D eigenvalue weighted by molar-refractivity contribution is 6.33. The number of hydrogen-bond donors (Lipinski definition) is 3. The lowest BCUT2D eigenvalue weighted by molar-refractivity contribution is -0.120. The summed E-state index contributed by atoms with van der Waals surface area (Å²) in [6.45, 7) is 7.13. The van der Waals surface area contributed by atoms with Gasteiger partial charge in [-0.3, -0.25) is 4.79 Å². The van der Waals surface area contributed by atoms with E-state index in [1.54, 1.807) is 13.0 Å². The van der Waals surface area contributed by atoms with Crippen LogP contribution in [-0.4, -0.2) is 26.6 Å². The van der Waals surface area contributed by atoms with Crippen LogP contribution in [0.2, 0.25) is 5.02 Å². The van der Waals surface area contributed by atoms with Crippen molar-refractivity contribution >= 4 is 34.4 Å². The number of halogens is 1. The monoisotopic (exact) mass is 461 g/mol. The number of hydrogen-bond acceptors (Lipinski definition) is 5. The predicted octanol–water partition coefficient (Wildman–Crippen LogP) is 5.83. The van der Waals surface area contributed by atoms with Crippen molar-refractivity contribution in [3.8, 4) is 23.0 Å². The number of ether oxygens (including phenoxy) is 1. The number of benzene rings is 2. The smallest absolute Gasteiger partial charge is 0.301 e. The molecule has 0 atom stereocenters. The van der Waals surface area contributed by atoms with Gasteiger partial charge in [-0.15, -0.1) is 0 Å². The molecular weight excluding hydrogens is 438 g/mol. The van der Waals surface area contributed by atoms with E-state index in [0.717, 1.165) is 16.7 Å². The first-order chi connectivity index (χ1) is 15.6. The number of fused-ring (bicyclic) bond motifs is 1. The van der Waals surface area contributed by atoms with Crippen LogP contribution in [0.25, 0.3) is 22.4 Å². The van der Waals surface area contributed by atoms with Crippen LogP contribution in [0.3, 0.4) is 0 Å². The second-order valence-electron chi connectivity index (χ2n) is 8.37. The van der Waals surface area contributed by atoms with E-state index in [4.69, 9.17) is 21.7 Å². The van der Waals surface area contributed by atoms with E-state index in [9.17, 15) is 4.79 Å². The maximum Gasteiger partial charge on any atom is 0.301 e. The standard InChI is InChI=1S/C25H24ClN5O2/c1-14(27)16-5-7-17(8-6-16)22-20(26)13-21-23(29-22)30-24(28-21)33-19-11-9-18(10-12-19)25(3,4)31-15(2)32/h5-13,27H,1-4H3,(H,31,32)(H,28,29,30). The number of nitrogens with one attached hydrogen (secondary N) is 3. The fourth-order valence-corrected chi connectivity index (χ4v) is 3.85. The Morgan fingerprint density at radius 1 is 1.06 bits per heavy atom. The van der Waals surface area contributed by atoms with Crippen molar-refractivity contribution in [3.63, 3.8) is 0 Å². The molecule has 3 N–H and O–H groups in total. The molecular formula is C25H24ClN5O2. The molecule has 0 bridgehead atoms. The minimum absolute atomic E-state index is 0.0890. The molecule has 0 unspecified atom stereocenters. The number of amides is 1. The highest BCUT2D eigenvalue weighted by Gasteiger charge is 2.21. The zero-order valence-electron chi connectivity index (χ0n) is 18.8. The summed E-state index contributed by atoms with van der Waals surface area (Å²) in [5, 5.41) is 11.2. The van der Waals surface area contributed by atoms with Crippen molar-refractivity contribution < 1.29 is 9.53 Å². The molecule has 0 saturated carbocycles. The van der Waals surface area contributed by atoms with Gasteiger partial charge in [-0.2, -0.15) is 4.98 Å². The van der Waals surface area contributed by atoms with E-state index in [2.05, 4.69) is 20.3 Å². The molecule has 1 amide bonds. The molecule has 2 aromatic heterocycles. The summed E-state index contributed by atoms with van der Waals surface area (Å²) in [4.78, 5) is 23.6. The molecule has 0 aliphatic heterocycles. The Morgan fingerprint density at radius 3 is 2.33 bits per heavy atom. The van der Waals surface area contributed by atoms with Gasteiger partial charge in [-0.05, 0) is 50.1 Å². The average Bonchev–Trinajstić information content (AvgIpc) is 3.13. The summed E-state index contributed by atoms with van der Waals surface area (Å²) in [7, 11) is 0. The maximum absolute atomic E-state index is 11.4. The largest absolute Gasteiger partial charge is 0.426 e. The molecule has 4 aromatic rings. The number of pyridine rings is 1. The Labute approximate surface area is 196 Å². The molecule has 0 spiro atoms. The Hall–Kier alpha value is -3.71. The number of nitrogens with zero attached hydrogens (tertiary/aromatic N) is 2. The van der Waals surface area contributed by atoms with Gasteiger partial charge in [0.15, 0.2) is 5.65 Å². The van der Waals surface area contributed by atoms with Crippen molar-refractivity contribution in [1.29, 1.82) is 5.41 Å². The van der Waals surface area contributed by atoms with Crippen molar-refractivity contribution in [3.05, 3.63) is 70.7 Å². The first-order valence-corrected chi connectivity index (χ1v) is 10.8. The van der Waals surface area contributed by atoms with E-state index in [1.165, 1.54) is 6.92 Å². The fraction of sp³-hybridized carbons (Fsp3) is 0.200. The zero-order chi connectivity index (χ0) is 23.8. The Bertz CT molecular complexity index is 1340. The van der Waals surface area contributed by atoms with Crippen LogP contribution in [0.5, 0.6) is 11.8 Å². The highest BCUT2D eigenvalue weighted by atomic mass is 35.5. The third-order valence-corrected chi connectivity index (χ3v) is 5.56. The Morgan fingerprint density at radius 2 is 1.73 bits per heavy atom. The molecule has 2 aromatic carbocycles. The normalized spacial score (nSPS) is 11.4. The van der Waals surface area contributed by atoms with Crippen LogP contribution < -0.4 is 10.1 Å². The fourth-order valence-electron chi connectivity index (χ4n) is 3.59. The van der Waals surface area contributed by atoms with Gasteiger partial charge in [-0.25, -0.2) is 4.98 Å². The molecule has 2 heterocycles. The molecule has 4 rings (SSSR count). The number of carbonyl (C=O) groups excluding carboxylic acids is 1. The van der Waals surface area contributed by atoms with E-state index < -0.39 is 5.54 Å². The van der Waals surface area contributed by atoms with Gasteiger partial charge in [0, 0.05) is 18.2 Å². The predicted molar refractivity (Wildman–Crippen MR) is 130 cm³/mol. The third kappa shape index (κ3) is 4.88. The molecule has 0 radical (unpaired) electrons. The van der Waals surface area contributed by atoms with Gasteiger partial charge in [0.1, 0.15) is 5.75 Å². The van der Waals surface area contributed by atoms with Crippen LogP contribution in [0.1, 0.15) is 38.8 Å². The maximum atomic E-state index is 11.4. The lowest BCUT2D eigenvalue weighted by Crippen LogP contribution is -2.39. The minimum Gasteiger partial charge on any atom is -0.426 e. The minimum atomic E-state index is -0.490. The van der Waals surface area contributed by atoms with E-state index >= 15 is 0 Å². The molecule has 33 heavy (non-hydrogen) atoms. The first-order valence-electron chi connectivity index (χ1n) is 10.4. The van der Waals surface area contributed by atoms with Crippen LogP contribution in [0, 0.1) is 5.41 Å². The number of H-pyrrole nitrogens is 1. The van der Waals surface area contributed by atoms with Gasteiger partial charge in [-0.1, -0.05) is 48.0 Å². The SMILES string of the molecule is CC(=N)c1ccc(-c2nc3nc(Oc4ccc(C(C)(C)NC(C)=O)cc4)[nH]c3cc2Cl)cc1. The second-order valence-corrected chi connectivity index (χ2v) is 8.77. The highest BCUT2D eigenvalue weighted by Crippen LogP contribution is 2.31. The van der Waals surface area contributed by atoms with Crippen molar-refractivity contribution in [1.82, 2.24) is 20.3 Å². The van der Waals surface area contributed by atoms with E-state index in [0.29, 0.717) is 39.4 Å².